The molecule has 1 saturated carbocycles. The van der Waals surface area contributed by atoms with Crippen LogP contribution in [0.5, 0.6) is 0 Å². The summed E-state index contributed by atoms with van der Waals surface area (Å²) in [5.74, 6) is 3.17. The van der Waals surface area contributed by atoms with E-state index in [4.69, 9.17) is 11.6 Å². The van der Waals surface area contributed by atoms with E-state index in [9.17, 15) is 0 Å². The fraction of sp³-hybridized carbons (Fsp3) is 0.750. The van der Waals surface area contributed by atoms with Crippen LogP contribution in [0.15, 0.2) is 6.07 Å². The highest BCUT2D eigenvalue weighted by molar-refractivity contribution is 6.29. The average Bonchev–Trinajstić information content (AvgIpc) is 3.21. The van der Waals surface area contributed by atoms with Crippen LogP contribution < -0.4 is 5.32 Å². The van der Waals surface area contributed by atoms with E-state index in [0.717, 1.165) is 24.1 Å². The van der Waals surface area contributed by atoms with Crippen LogP contribution in [0.3, 0.4) is 0 Å². The van der Waals surface area contributed by atoms with Gasteiger partial charge in [0, 0.05) is 18.5 Å². The Hall–Kier alpha value is -0.830. The molecule has 1 aliphatic carbocycles. The summed E-state index contributed by atoms with van der Waals surface area (Å²) in [6.45, 7) is 5.55. The Balaban J connectivity index is 1.64. The average molecular weight is 296 g/mol. The summed E-state index contributed by atoms with van der Waals surface area (Å²) in [4.78, 5) is 8.84. The number of nitrogens with one attached hydrogen (secondary N) is 1. The highest BCUT2D eigenvalue weighted by atomic mass is 35.5. The summed E-state index contributed by atoms with van der Waals surface area (Å²) in [7, 11) is 0. The molecule has 0 bridgehead atoms. The first-order valence-electron chi connectivity index (χ1n) is 7.93. The largest absolute Gasteiger partial charge is 0.370 e. The van der Waals surface area contributed by atoms with Crippen molar-refractivity contribution in [2.75, 3.05) is 11.9 Å². The van der Waals surface area contributed by atoms with Gasteiger partial charge >= 0.3 is 0 Å². The van der Waals surface area contributed by atoms with Gasteiger partial charge in [0.1, 0.15) is 16.8 Å². The summed E-state index contributed by atoms with van der Waals surface area (Å²) in [6, 6.07) is 1.83. The third kappa shape index (κ3) is 5.66. The summed E-state index contributed by atoms with van der Waals surface area (Å²) in [6.07, 6.45) is 8.91. The molecule has 20 heavy (non-hydrogen) atoms. The number of anilines is 1. The van der Waals surface area contributed by atoms with Crippen LogP contribution in [0.1, 0.15) is 70.5 Å². The third-order valence-corrected chi connectivity index (χ3v) is 3.86. The Morgan fingerprint density at radius 2 is 1.95 bits per heavy atom. The van der Waals surface area contributed by atoms with Gasteiger partial charge in [0.25, 0.3) is 0 Å². The zero-order chi connectivity index (χ0) is 14.4. The summed E-state index contributed by atoms with van der Waals surface area (Å²) < 4.78 is 0. The molecular weight excluding hydrogens is 270 g/mol. The SMILES string of the molecule is CC(C)CCCCCCNc1cc(Cl)nc(C2CC2)n1. The molecule has 0 saturated heterocycles. The lowest BCUT2D eigenvalue weighted by atomic mass is 10.0. The Bertz CT molecular complexity index is 416. The van der Waals surface area contributed by atoms with E-state index in [1.807, 2.05) is 6.07 Å². The molecule has 0 radical (unpaired) electrons. The van der Waals surface area contributed by atoms with Crippen LogP contribution in [0.25, 0.3) is 0 Å². The van der Waals surface area contributed by atoms with E-state index in [1.54, 1.807) is 0 Å². The van der Waals surface area contributed by atoms with Crippen molar-refractivity contribution in [2.45, 2.75) is 64.7 Å². The van der Waals surface area contributed by atoms with Crippen LogP contribution in [-0.2, 0) is 0 Å². The molecule has 4 heteroatoms. The Morgan fingerprint density at radius 1 is 1.20 bits per heavy atom. The topological polar surface area (TPSA) is 37.8 Å². The van der Waals surface area contributed by atoms with Gasteiger partial charge in [-0.3, -0.25) is 0 Å². The molecule has 0 aliphatic heterocycles. The van der Waals surface area contributed by atoms with Gasteiger partial charge in [0.05, 0.1) is 0 Å². The van der Waals surface area contributed by atoms with Crippen LogP contribution in [0.2, 0.25) is 5.15 Å². The molecule has 1 aromatic heterocycles. The molecule has 1 aliphatic rings. The minimum atomic E-state index is 0.547. The van der Waals surface area contributed by atoms with Crippen LogP contribution in [0.4, 0.5) is 5.82 Å². The Morgan fingerprint density at radius 3 is 2.65 bits per heavy atom. The fourth-order valence-electron chi connectivity index (χ4n) is 2.30. The molecule has 1 aromatic rings. The van der Waals surface area contributed by atoms with E-state index < -0.39 is 0 Å². The number of aromatic nitrogens is 2. The Kier molecular flexibility index (Phi) is 6.08. The van der Waals surface area contributed by atoms with Crippen LogP contribution in [0, 0.1) is 5.92 Å². The van der Waals surface area contributed by atoms with Crippen molar-refractivity contribution in [3.8, 4) is 0 Å². The van der Waals surface area contributed by atoms with Gasteiger partial charge in [0.2, 0.25) is 0 Å². The first-order valence-corrected chi connectivity index (χ1v) is 8.31. The van der Waals surface area contributed by atoms with Crippen molar-refractivity contribution in [2.24, 2.45) is 5.92 Å². The van der Waals surface area contributed by atoms with E-state index in [-0.39, 0.29) is 0 Å². The van der Waals surface area contributed by atoms with Crippen LogP contribution in [-0.4, -0.2) is 16.5 Å². The number of hydrogen-bond donors (Lipinski definition) is 1. The summed E-state index contributed by atoms with van der Waals surface area (Å²) in [5.41, 5.74) is 0. The van der Waals surface area contributed by atoms with E-state index in [2.05, 4.69) is 29.1 Å². The van der Waals surface area contributed by atoms with Crippen molar-refractivity contribution < 1.29 is 0 Å². The predicted octanol–water partition coefficient (Wildman–Crippen LogP) is 5.03. The molecule has 0 unspecified atom stereocenters. The highest BCUT2D eigenvalue weighted by Gasteiger charge is 2.27. The smallest absolute Gasteiger partial charge is 0.135 e. The van der Waals surface area contributed by atoms with Gasteiger partial charge in [-0.25, -0.2) is 9.97 Å². The zero-order valence-electron chi connectivity index (χ0n) is 12.7. The molecule has 1 heterocycles. The minimum absolute atomic E-state index is 0.547. The number of halogens is 1. The lowest BCUT2D eigenvalue weighted by Crippen LogP contribution is -2.05. The van der Waals surface area contributed by atoms with Crippen molar-refractivity contribution in [1.82, 2.24) is 9.97 Å². The predicted molar refractivity (Wildman–Crippen MR) is 85.4 cm³/mol. The molecule has 0 atom stereocenters. The monoisotopic (exact) mass is 295 g/mol. The fourth-order valence-corrected chi connectivity index (χ4v) is 2.49. The normalized spacial score (nSPS) is 14.8. The first-order chi connectivity index (χ1) is 9.65. The lowest BCUT2D eigenvalue weighted by Gasteiger charge is -2.08. The van der Waals surface area contributed by atoms with Crippen molar-refractivity contribution in [3.05, 3.63) is 17.0 Å². The van der Waals surface area contributed by atoms with Crippen molar-refractivity contribution >= 4 is 17.4 Å². The number of rotatable bonds is 9. The van der Waals surface area contributed by atoms with E-state index in [1.165, 1.54) is 44.9 Å². The first kappa shape index (κ1) is 15.6. The van der Waals surface area contributed by atoms with Gasteiger partial charge in [-0.2, -0.15) is 0 Å². The zero-order valence-corrected chi connectivity index (χ0v) is 13.4. The standard InChI is InChI=1S/C16H26ClN3/c1-12(2)7-5-3-4-6-10-18-15-11-14(17)19-16(20-15)13-8-9-13/h11-13H,3-10H2,1-2H3,(H,18,19,20). The van der Waals surface area contributed by atoms with Gasteiger partial charge in [-0.15, -0.1) is 0 Å². The molecule has 2 rings (SSSR count). The summed E-state index contributed by atoms with van der Waals surface area (Å²) in [5, 5.41) is 3.93. The highest BCUT2D eigenvalue weighted by Crippen LogP contribution is 2.38. The molecule has 1 N–H and O–H groups in total. The lowest BCUT2D eigenvalue weighted by molar-refractivity contribution is 0.523. The molecular formula is C16H26ClN3. The number of nitrogens with zero attached hydrogens (tertiary/aromatic N) is 2. The molecule has 0 amide bonds. The summed E-state index contributed by atoms with van der Waals surface area (Å²) >= 11 is 6.04. The third-order valence-electron chi connectivity index (χ3n) is 3.67. The Labute approximate surface area is 127 Å². The molecule has 112 valence electrons. The van der Waals surface area contributed by atoms with Crippen molar-refractivity contribution in [1.29, 1.82) is 0 Å². The van der Waals surface area contributed by atoms with Crippen molar-refractivity contribution in [3.63, 3.8) is 0 Å². The molecule has 0 aromatic carbocycles. The van der Waals surface area contributed by atoms with Gasteiger partial charge in [0.15, 0.2) is 0 Å². The van der Waals surface area contributed by atoms with Gasteiger partial charge < -0.3 is 5.32 Å². The maximum absolute atomic E-state index is 6.04. The quantitative estimate of drug-likeness (QED) is 0.513. The van der Waals surface area contributed by atoms with Crippen LogP contribution >= 0.6 is 11.6 Å². The van der Waals surface area contributed by atoms with Gasteiger partial charge in [-0.1, -0.05) is 51.1 Å². The second-order valence-electron chi connectivity index (χ2n) is 6.23. The molecule has 3 nitrogen and oxygen atoms in total. The molecule has 1 fully saturated rings. The maximum Gasteiger partial charge on any atom is 0.135 e. The van der Waals surface area contributed by atoms with Gasteiger partial charge in [-0.05, 0) is 25.2 Å². The number of unbranched alkanes of at least 4 members (excludes halogenated alkanes) is 3. The maximum atomic E-state index is 6.04. The van der Waals surface area contributed by atoms with E-state index >= 15 is 0 Å². The van der Waals surface area contributed by atoms with E-state index in [0.29, 0.717) is 11.1 Å². The second kappa shape index (κ2) is 7.82. The second-order valence-corrected chi connectivity index (χ2v) is 6.62. The molecule has 0 spiro atoms. The minimum Gasteiger partial charge on any atom is -0.370 e. The number of hydrogen-bond acceptors (Lipinski definition) is 3.